The van der Waals surface area contributed by atoms with E-state index < -0.39 is 5.97 Å². The van der Waals surface area contributed by atoms with Crippen LogP contribution in [0.5, 0.6) is 0 Å². The highest BCUT2D eigenvalue weighted by atomic mass is 16.4. The molecule has 6 nitrogen and oxygen atoms in total. The quantitative estimate of drug-likeness (QED) is 0.866. The Morgan fingerprint density at radius 2 is 2.00 bits per heavy atom. The van der Waals surface area contributed by atoms with Crippen LogP contribution in [0.3, 0.4) is 0 Å². The van der Waals surface area contributed by atoms with Crippen molar-refractivity contribution < 1.29 is 19.5 Å². The van der Waals surface area contributed by atoms with Crippen LogP contribution in [0.4, 0.5) is 5.69 Å². The summed E-state index contributed by atoms with van der Waals surface area (Å²) in [6.07, 6.45) is 0.664. The van der Waals surface area contributed by atoms with E-state index in [1.165, 1.54) is 6.92 Å². The minimum absolute atomic E-state index is 0.00396. The molecule has 0 atom stereocenters. The van der Waals surface area contributed by atoms with E-state index in [2.05, 4.69) is 0 Å². The van der Waals surface area contributed by atoms with E-state index in [0.717, 1.165) is 17.7 Å². The van der Waals surface area contributed by atoms with Crippen LogP contribution in [0.2, 0.25) is 0 Å². The van der Waals surface area contributed by atoms with Gasteiger partial charge in [-0.25, -0.2) is 0 Å². The molecule has 0 fully saturated rings. The van der Waals surface area contributed by atoms with Gasteiger partial charge in [0.05, 0.1) is 6.42 Å². The van der Waals surface area contributed by atoms with E-state index in [4.69, 9.17) is 5.11 Å². The molecule has 1 heterocycles. The lowest BCUT2D eigenvalue weighted by Crippen LogP contribution is -2.36. The third kappa shape index (κ3) is 4.13. The van der Waals surface area contributed by atoms with Gasteiger partial charge in [-0.2, -0.15) is 0 Å². The highest BCUT2D eigenvalue weighted by Gasteiger charge is 2.24. The summed E-state index contributed by atoms with van der Waals surface area (Å²) in [7, 11) is 0. The maximum absolute atomic E-state index is 12.8. The topological polar surface area (TPSA) is 77.9 Å². The Morgan fingerprint density at radius 3 is 2.58 bits per heavy atom. The van der Waals surface area contributed by atoms with Crippen molar-refractivity contribution in [3.8, 4) is 0 Å². The molecule has 1 aromatic carbocycles. The zero-order chi connectivity index (χ0) is 17.9. The standard InChI is InChI=1S/C18H24N2O4/c1-12(2)11-19(8-7-17(22)23)18(24)15-4-5-16-14(10-15)6-9-20(16)13(3)21/h4-5,10,12H,6-9,11H2,1-3H3,(H,22,23). The van der Waals surface area contributed by atoms with Gasteiger partial charge in [0.15, 0.2) is 0 Å². The molecule has 0 aromatic heterocycles. The van der Waals surface area contributed by atoms with E-state index in [1.54, 1.807) is 15.9 Å². The molecule has 0 saturated heterocycles. The summed E-state index contributed by atoms with van der Waals surface area (Å²) < 4.78 is 0. The molecule has 1 aliphatic rings. The van der Waals surface area contributed by atoms with Crippen LogP contribution in [0.15, 0.2) is 18.2 Å². The highest BCUT2D eigenvalue weighted by molar-refractivity contribution is 5.98. The maximum Gasteiger partial charge on any atom is 0.305 e. The zero-order valence-corrected chi connectivity index (χ0v) is 14.4. The molecular formula is C18H24N2O4. The molecule has 2 rings (SSSR count). The van der Waals surface area contributed by atoms with Crippen LogP contribution in [0.25, 0.3) is 0 Å². The highest BCUT2D eigenvalue weighted by Crippen LogP contribution is 2.29. The van der Waals surface area contributed by atoms with E-state index in [0.29, 0.717) is 18.7 Å². The average molecular weight is 332 g/mol. The van der Waals surface area contributed by atoms with Crippen molar-refractivity contribution >= 4 is 23.5 Å². The second kappa shape index (κ2) is 7.47. The summed E-state index contributed by atoms with van der Waals surface area (Å²) in [5.41, 5.74) is 2.39. The maximum atomic E-state index is 12.8. The Balaban J connectivity index is 2.20. The molecule has 1 N–H and O–H groups in total. The molecule has 130 valence electrons. The molecule has 0 radical (unpaired) electrons. The first-order valence-electron chi connectivity index (χ1n) is 8.21. The summed E-state index contributed by atoms with van der Waals surface area (Å²) in [5.74, 6) is -0.822. The normalized spacial score (nSPS) is 13.1. The molecule has 0 bridgehead atoms. The van der Waals surface area contributed by atoms with E-state index in [9.17, 15) is 14.4 Å². The molecule has 1 aliphatic heterocycles. The van der Waals surface area contributed by atoms with Gasteiger partial charge in [0.2, 0.25) is 5.91 Å². The van der Waals surface area contributed by atoms with Crippen LogP contribution < -0.4 is 4.90 Å². The van der Waals surface area contributed by atoms with Gasteiger partial charge in [-0.05, 0) is 36.1 Å². The summed E-state index contributed by atoms with van der Waals surface area (Å²) in [4.78, 5) is 38.5. The summed E-state index contributed by atoms with van der Waals surface area (Å²) in [5, 5.41) is 8.88. The lowest BCUT2D eigenvalue weighted by atomic mass is 10.1. The minimum Gasteiger partial charge on any atom is -0.481 e. The molecule has 2 amide bonds. The number of fused-ring (bicyclic) bond motifs is 1. The molecule has 1 aromatic rings. The van der Waals surface area contributed by atoms with Crippen LogP contribution in [0, 0.1) is 5.92 Å². The first kappa shape index (κ1) is 18.0. The molecule has 0 unspecified atom stereocenters. The van der Waals surface area contributed by atoms with Gasteiger partial charge < -0.3 is 14.9 Å². The van der Waals surface area contributed by atoms with Crippen molar-refractivity contribution in [3.05, 3.63) is 29.3 Å². The average Bonchev–Trinajstić information content (AvgIpc) is 2.93. The smallest absolute Gasteiger partial charge is 0.305 e. The van der Waals surface area contributed by atoms with Crippen molar-refractivity contribution in [2.75, 3.05) is 24.5 Å². The van der Waals surface area contributed by atoms with Crippen LogP contribution in [0.1, 0.15) is 43.1 Å². The molecular weight excluding hydrogens is 308 g/mol. The van der Waals surface area contributed by atoms with Crippen LogP contribution in [-0.2, 0) is 16.0 Å². The molecule has 24 heavy (non-hydrogen) atoms. The molecule has 0 spiro atoms. The van der Waals surface area contributed by atoms with Crippen molar-refractivity contribution in [3.63, 3.8) is 0 Å². The third-order valence-electron chi connectivity index (χ3n) is 4.07. The number of rotatable bonds is 6. The molecule has 0 saturated carbocycles. The summed E-state index contributed by atoms with van der Waals surface area (Å²) in [6, 6.07) is 5.35. The van der Waals surface area contributed by atoms with E-state index in [-0.39, 0.29) is 30.7 Å². The molecule has 6 heteroatoms. The number of anilines is 1. The van der Waals surface area contributed by atoms with Crippen LogP contribution in [-0.4, -0.2) is 47.4 Å². The van der Waals surface area contributed by atoms with Gasteiger partial charge in [-0.3, -0.25) is 14.4 Å². The largest absolute Gasteiger partial charge is 0.481 e. The Labute approximate surface area is 142 Å². The number of hydrogen-bond acceptors (Lipinski definition) is 3. The fourth-order valence-corrected chi connectivity index (χ4v) is 2.99. The number of carbonyl (C=O) groups is 3. The number of benzene rings is 1. The third-order valence-corrected chi connectivity index (χ3v) is 4.07. The number of carboxylic acid groups (broad SMARTS) is 1. The van der Waals surface area contributed by atoms with Gasteiger partial charge in [-0.15, -0.1) is 0 Å². The summed E-state index contributed by atoms with van der Waals surface area (Å²) in [6.45, 7) is 6.87. The first-order valence-corrected chi connectivity index (χ1v) is 8.21. The number of hydrogen-bond donors (Lipinski definition) is 1. The number of nitrogens with zero attached hydrogens (tertiary/aromatic N) is 2. The number of carboxylic acids is 1. The SMILES string of the molecule is CC(=O)N1CCc2cc(C(=O)N(CCC(=O)O)CC(C)C)ccc21. The Kier molecular flexibility index (Phi) is 5.59. The van der Waals surface area contributed by atoms with Gasteiger partial charge in [0, 0.05) is 37.8 Å². The fourth-order valence-electron chi connectivity index (χ4n) is 2.99. The predicted molar refractivity (Wildman–Crippen MR) is 91.2 cm³/mol. The lowest BCUT2D eigenvalue weighted by Gasteiger charge is -2.24. The van der Waals surface area contributed by atoms with Crippen molar-refractivity contribution in [1.29, 1.82) is 0 Å². The van der Waals surface area contributed by atoms with Crippen molar-refractivity contribution in [2.24, 2.45) is 5.92 Å². The van der Waals surface area contributed by atoms with Crippen LogP contribution >= 0.6 is 0 Å². The van der Waals surface area contributed by atoms with Gasteiger partial charge in [-0.1, -0.05) is 13.8 Å². The lowest BCUT2D eigenvalue weighted by molar-refractivity contribution is -0.137. The Morgan fingerprint density at radius 1 is 1.29 bits per heavy atom. The number of carbonyl (C=O) groups excluding carboxylic acids is 2. The minimum atomic E-state index is -0.914. The summed E-state index contributed by atoms with van der Waals surface area (Å²) >= 11 is 0. The van der Waals surface area contributed by atoms with Gasteiger partial charge in [0.25, 0.3) is 5.91 Å². The zero-order valence-electron chi connectivity index (χ0n) is 14.4. The van der Waals surface area contributed by atoms with Gasteiger partial charge >= 0.3 is 5.97 Å². The Bertz CT molecular complexity index is 654. The monoisotopic (exact) mass is 332 g/mol. The predicted octanol–water partition coefficient (Wildman–Crippen LogP) is 2.17. The van der Waals surface area contributed by atoms with Crippen molar-refractivity contribution in [2.45, 2.75) is 33.6 Å². The Hall–Kier alpha value is -2.37. The number of amides is 2. The van der Waals surface area contributed by atoms with Crippen molar-refractivity contribution in [1.82, 2.24) is 4.90 Å². The number of aliphatic carboxylic acids is 1. The second-order valence-corrected chi connectivity index (χ2v) is 6.55. The first-order chi connectivity index (χ1) is 11.3. The fraction of sp³-hybridized carbons (Fsp3) is 0.500. The molecule has 0 aliphatic carbocycles. The van der Waals surface area contributed by atoms with Gasteiger partial charge in [0.1, 0.15) is 0 Å². The van der Waals surface area contributed by atoms with E-state index >= 15 is 0 Å². The van der Waals surface area contributed by atoms with E-state index in [1.807, 2.05) is 26.0 Å². The second-order valence-electron chi connectivity index (χ2n) is 6.55.